The van der Waals surface area contributed by atoms with E-state index in [2.05, 4.69) is 29.7 Å². The Morgan fingerprint density at radius 1 is 1.04 bits per heavy atom. The zero-order chi connectivity index (χ0) is 19.9. The Morgan fingerprint density at radius 2 is 1.75 bits per heavy atom. The number of hydrogen-bond acceptors (Lipinski definition) is 3. The lowest BCUT2D eigenvalue weighted by Crippen LogP contribution is -2.40. The van der Waals surface area contributed by atoms with Gasteiger partial charge in [-0.15, -0.1) is 0 Å². The molecule has 0 spiro atoms. The lowest BCUT2D eigenvalue weighted by Gasteiger charge is -2.27. The fourth-order valence-electron chi connectivity index (χ4n) is 3.83. The van der Waals surface area contributed by atoms with Gasteiger partial charge in [0.15, 0.2) is 0 Å². The van der Waals surface area contributed by atoms with Crippen molar-refractivity contribution in [3.05, 3.63) is 65.2 Å². The molecule has 0 unspecified atom stereocenters. The van der Waals surface area contributed by atoms with Gasteiger partial charge in [-0.1, -0.05) is 49.4 Å². The molecule has 0 radical (unpaired) electrons. The Bertz CT molecular complexity index is 834. The first-order chi connectivity index (χ1) is 13.6. The molecule has 5 heteroatoms. The molecule has 28 heavy (non-hydrogen) atoms. The van der Waals surface area contributed by atoms with Gasteiger partial charge in [0.2, 0.25) is 11.8 Å². The van der Waals surface area contributed by atoms with E-state index in [1.54, 1.807) is 11.9 Å². The summed E-state index contributed by atoms with van der Waals surface area (Å²) in [5.74, 6) is -0.162. The molecule has 2 N–H and O–H groups in total. The molecular weight excluding hydrogens is 350 g/mol. The summed E-state index contributed by atoms with van der Waals surface area (Å²) in [6.07, 6.45) is 3.97. The number of carbonyl (C=O) groups is 2. The predicted octanol–water partition coefficient (Wildman–Crippen LogP) is 3.31. The number of rotatable bonds is 7. The highest BCUT2D eigenvalue weighted by atomic mass is 16.2. The molecule has 0 saturated carbocycles. The Labute approximate surface area is 167 Å². The minimum atomic E-state index is -0.112. The maximum Gasteiger partial charge on any atom is 0.238 e. The molecule has 2 amide bonds. The van der Waals surface area contributed by atoms with Gasteiger partial charge in [0.1, 0.15) is 0 Å². The summed E-state index contributed by atoms with van der Waals surface area (Å²) < 4.78 is 0. The summed E-state index contributed by atoms with van der Waals surface area (Å²) in [4.78, 5) is 26.6. The van der Waals surface area contributed by atoms with Crippen LogP contribution in [-0.2, 0) is 22.4 Å². The van der Waals surface area contributed by atoms with E-state index in [0.717, 1.165) is 36.9 Å². The van der Waals surface area contributed by atoms with Crippen LogP contribution in [0.5, 0.6) is 0 Å². The van der Waals surface area contributed by atoms with Crippen molar-refractivity contribution in [1.29, 1.82) is 0 Å². The van der Waals surface area contributed by atoms with Crippen LogP contribution in [0.2, 0.25) is 0 Å². The number of aryl methyl sites for hydroxylation is 2. The van der Waals surface area contributed by atoms with Gasteiger partial charge >= 0.3 is 0 Å². The molecule has 3 rings (SSSR count). The molecule has 0 bridgehead atoms. The van der Waals surface area contributed by atoms with Crippen LogP contribution in [0.15, 0.2) is 48.5 Å². The number of nitrogens with one attached hydrogen (secondary N) is 2. The van der Waals surface area contributed by atoms with E-state index in [4.69, 9.17) is 0 Å². The number of hydrogen-bond donors (Lipinski definition) is 2. The van der Waals surface area contributed by atoms with Crippen LogP contribution in [0.3, 0.4) is 0 Å². The van der Waals surface area contributed by atoms with Gasteiger partial charge in [-0.2, -0.15) is 0 Å². The van der Waals surface area contributed by atoms with Gasteiger partial charge < -0.3 is 10.6 Å². The van der Waals surface area contributed by atoms with Gasteiger partial charge in [0, 0.05) is 5.69 Å². The fraction of sp³-hybridized carbons (Fsp3) is 0.391. The van der Waals surface area contributed by atoms with Crippen molar-refractivity contribution in [1.82, 2.24) is 10.2 Å². The molecule has 0 fully saturated rings. The van der Waals surface area contributed by atoms with Crippen LogP contribution in [0, 0.1) is 0 Å². The third kappa shape index (κ3) is 5.20. The first-order valence-corrected chi connectivity index (χ1v) is 10.00. The molecule has 2 aromatic carbocycles. The van der Waals surface area contributed by atoms with E-state index >= 15 is 0 Å². The molecule has 0 aromatic heterocycles. The standard InChI is InChI=1S/C23H29N3O2/c1-3-17-9-5-7-13-20(17)24-22(27)15-26(2)16-23(28)25-21-14-8-11-18-10-4-6-12-19(18)21/h4-7,9-10,12-13,21H,3,8,11,14-16H2,1-2H3,(H,24,27)(H,25,28)/t21-/m1/s1. The second kappa shape index (κ2) is 9.51. The van der Waals surface area contributed by atoms with Gasteiger partial charge in [-0.05, 0) is 55.5 Å². The van der Waals surface area contributed by atoms with Crippen molar-refractivity contribution in [2.75, 3.05) is 25.5 Å². The second-order valence-electron chi connectivity index (χ2n) is 7.44. The van der Waals surface area contributed by atoms with Crippen LogP contribution < -0.4 is 10.6 Å². The minimum Gasteiger partial charge on any atom is -0.348 e. The van der Waals surface area contributed by atoms with Crippen molar-refractivity contribution in [2.45, 2.75) is 38.6 Å². The third-order valence-electron chi connectivity index (χ3n) is 5.20. The Hall–Kier alpha value is -2.66. The average Bonchev–Trinajstić information content (AvgIpc) is 2.68. The second-order valence-corrected chi connectivity index (χ2v) is 7.44. The van der Waals surface area contributed by atoms with E-state index in [1.807, 2.05) is 36.4 Å². The molecule has 0 saturated heterocycles. The summed E-state index contributed by atoms with van der Waals surface area (Å²) in [6.45, 7) is 2.43. The number of fused-ring (bicyclic) bond motifs is 1. The first-order valence-electron chi connectivity index (χ1n) is 10.00. The maximum atomic E-state index is 12.5. The van der Waals surface area contributed by atoms with Crippen LogP contribution in [0.25, 0.3) is 0 Å². The third-order valence-corrected chi connectivity index (χ3v) is 5.20. The van der Waals surface area contributed by atoms with Crippen LogP contribution in [0.1, 0.15) is 42.5 Å². The number of para-hydroxylation sites is 1. The zero-order valence-electron chi connectivity index (χ0n) is 16.7. The van der Waals surface area contributed by atoms with Gasteiger partial charge in [-0.25, -0.2) is 0 Å². The quantitative estimate of drug-likeness (QED) is 0.776. The number of likely N-dealkylation sites (N-methyl/N-ethyl adjacent to an activating group) is 1. The van der Waals surface area contributed by atoms with Gasteiger partial charge in [-0.3, -0.25) is 14.5 Å². The molecule has 0 heterocycles. The first kappa shape index (κ1) is 20.1. The van der Waals surface area contributed by atoms with Gasteiger partial charge in [0.25, 0.3) is 0 Å². The highest BCUT2D eigenvalue weighted by molar-refractivity contribution is 5.93. The Kier molecular flexibility index (Phi) is 6.82. The highest BCUT2D eigenvalue weighted by Crippen LogP contribution is 2.29. The predicted molar refractivity (Wildman–Crippen MR) is 112 cm³/mol. The smallest absolute Gasteiger partial charge is 0.238 e. The molecule has 1 aliphatic rings. The summed E-state index contributed by atoms with van der Waals surface area (Å²) in [5, 5.41) is 6.08. The SMILES string of the molecule is CCc1ccccc1NC(=O)CN(C)CC(=O)N[C@@H]1CCCc2ccccc21. The maximum absolute atomic E-state index is 12.5. The van der Waals surface area contributed by atoms with Crippen LogP contribution >= 0.6 is 0 Å². The largest absolute Gasteiger partial charge is 0.348 e. The van der Waals surface area contributed by atoms with Crippen molar-refractivity contribution < 1.29 is 9.59 Å². The van der Waals surface area contributed by atoms with Crippen molar-refractivity contribution in [3.8, 4) is 0 Å². The summed E-state index contributed by atoms with van der Waals surface area (Å²) >= 11 is 0. The number of amides is 2. The van der Waals surface area contributed by atoms with E-state index in [0.29, 0.717) is 0 Å². The van der Waals surface area contributed by atoms with Crippen molar-refractivity contribution >= 4 is 17.5 Å². The van der Waals surface area contributed by atoms with Crippen LogP contribution in [-0.4, -0.2) is 36.9 Å². The van der Waals surface area contributed by atoms with Crippen molar-refractivity contribution in [2.24, 2.45) is 0 Å². The molecule has 148 valence electrons. The monoisotopic (exact) mass is 379 g/mol. The normalized spacial score (nSPS) is 15.8. The summed E-state index contributed by atoms with van der Waals surface area (Å²) in [5.41, 5.74) is 4.49. The highest BCUT2D eigenvalue weighted by Gasteiger charge is 2.22. The van der Waals surface area contributed by atoms with E-state index in [9.17, 15) is 9.59 Å². The van der Waals surface area contributed by atoms with E-state index in [-0.39, 0.29) is 30.9 Å². The Balaban J connectivity index is 1.50. The van der Waals surface area contributed by atoms with Crippen LogP contribution in [0.4, 0.5) is 5.69 Å². The number of nitrogens with zero attached hydrogens (tertiary/aromatic N) is 1. The zero-order valence-corrected chi connectivity index (χ0v) is 16.7. The molecule has 1 aliphatic carbocycles. The lowest BCUT2D eigenvalue weighted by molar-refractivity contribution is -0.123. The molecule has 2 aromatic rings. The lowest BCUT2D eigenvalue weighted by atomic mass is 9.88. The van der Waals surface area contributed by atoms with E-state index in [1.165, 1.54) is 11.1 Å². The average molecular weight is 380 g/mol. The van der Waals surface area contributed by atoms with E-state index < -0.39 is 0 Å². The molecule has 1 atom stereocenters. The molecule has 5 nitrogen and oxygen atoms in total. The summed E-state index contributed by atoms with van der Waals surface area (Å²) in [6, 6.07) is 16.2. The van der Waals surface area contributed by atoms with Gasteiger partial charge in [0.05, 0.1) is 19.1 Å². The topological polar surface area (TPSA) is 61.4 Å². The summed E-state index contributed by atoms with van der Waals surface area (Å²) in [7, 11) is 1.79. The Morgan fingerprint density at radius 3 is 2.57 bits per heavy atom. The fourth-order valence-corrected chi connectivity index (χ4v) is 3.83. The number of anilines is 1. The minimum absolute atomic E-state index is 0.0500. The number of carbonyl (C=O) groups excluding carboxylic acids is 2. The number of benzene rings is 2. The molecule has 0 aliphatic heterocycles. The molecular formula is C23H29N3O2. The van der Waals surface area contributed by atoms with Crippen molar-refractivity contribution in [3.63, 3.8) is 0 Å².